The molecule has 1 aromatic heterocycles. The summed E-state index contributed by atoms with van der Waals surface area (Å²) in [7, 11) is 0. The fourth-order valence-electron chi connectivity index (χ4n) is 2.63. The van der Waals surface area contributed by atoms with E-state index in [1.807, 2.05) is 0 Å². The number of nitrogens with zero attached hydrogens (tertiary/aromatic N) is 2. The van der Waals surface area contributed by atoms with Crippen molar-refractivity contribution in [1.29, 1.82) is 0 Å². The number of halogens is 7. The van der Waals surface area contributed by atoms with Crippen molar-refractivity contribution in [2.75, 3.05) is 5.32 Å². The molecule has 3 rings (SSSR count). The molecule has 0 saturated carbocycles. The van der Waals surface area contributed by atoms with Gasteiger partial charge in [-0.25, -0.2) is 4.98 Å². The predicted molar refractivity (Wildman–Crippen MR) is 98.8 cm³/mol. The number of hydrogen-bond acceptors (Lipinski definition) is 3. The summed E-state index contributed by atoms with van der Waals surface area (Å²) >= 11 is 5.79. The predicted octanol–water partition coefficient (Wildman–Crippen LogP) is 5.73. The minimum atomic E-state index is -4.96. The molecule has 0 amide bonds. The van der Waals surface area contributed by atoms with Crippen molar-refractivity contribution in [1.82, 2.24) is 9.55 Å². The van der Waals surface area contributed by atoms with Gasteiger partial charge < -0.3 is 5.32 Å². The van der Waals surface area contributed by atoms with Crippen molar-refractivity contribution in [2.45, 2.75) is 18.9 Å². The van der Waals surface area contributed by atoms with Gasteiger partial charge >= 0.3 is 12.4 Å². The fraction of sp³-hybridized carbons (Fsp3) is 0.158. The molecule has 2 aromatic carbocycles. The lowest BCUT2D eigenvalue weighted by atomic mass is 10.1. The molecule has 0 atom stereocenters. The minimum Gasteiger partial charge on any atom is -0.325 e. The highest BCUT2D eigenvalue weighted by Crippen LogP contribution is 2.36. The summed E-state index contributed by atoms with van der Waals surface area (Å²) in [5, 5.41) is 2.64. The lowest BCUT2D eigenvalue weighted by Crippen LogP contribution is -2.27. The van der Waals surface area contributed by atoms with Gasteiger partial charge in [0.05, 0.1) is 17.8 Å². The van der Waals surface area contributed by atoms with E-state index in [1.54, 1.807) is 0 Å². The molecule has 1 heterocycles. The maximum absolute atomic E-state index is 13.3. The Bertz CT molecular complexity index is 1110. The van der Waals surface area contributed by atoms with Crippen LogP contribution in [0.3, 0.4) is 0 Å². The maximum Gasteiger partial charge on any atom is 0.433 e. The smallest absolute Gasteiger partial charge is 0.325 e. The van der Waals surface area contributed by atoms with Crippen LogP contribution in [0.5, 0.6) is 0 Å². The Kier molecular flexibility index (Phi) is 5.80. The van der Waals surface area contributed by atoms with Crippen molar-refractivity contribution in [3.63, 3.8) is 0 Å². The Morgan fingerprint density at radius 1 is 0.933 bits per heavy atom. The first-order valence-electron chi connectivity index (χ1n) is 8.32. The summed E-state index contributed by atoms with van der Waals surface area (Å²) in [5.41, 5.74) is -3.78. The number of para-hydroxylation sites is 1. The molecular weight excluding hydrogens is 436 g/mol. The quantitative estimate of drug-likeness (QED) is 0.520. The Hall–Kier alpha value is -3.01. The van der Waals surface area contributed by atoms with Crippen LogP contribution in [-0.4, -0.2) is 9.55 Å². The van der Waals surface area contributed by atoms with Crippen LogP contribution in [0.15, 0.2) is 59.4 Å². The van der Waals surface area contributed by atoms with E-state index in [0.717, 1.165) is 22.8 Å². The van der Waals surface area contributed by atoms with Crippen LogP contribution in [0.4, 0.5) is 38.0 Å². The standard InChI is InChI=1S/C19H12ClF6N3O/c20-12-7-5-11(6-8-12)10-29-16(30)9-15(19(24,25)26)28-17(29)27-14-4-2-1-3-13(14)18(21,22)23/h1-9H,10H2,(H,27,28). The Morgan fingerprint density at radius 3 is 2.17 bits per heavy atom. The SMILES string of the molecule is O=c1cc(C(F)(F)F)nc(Nc2ccccc2C(F)(F)F)n1Cc1ccc(Cl)cc1. The van der Waals surface area contributed by atoms with E-state index < -0.39 is 40.8 Å². The van der Waals surface area contributed by atoms with E-state index >= 15 is 0 Å². The molecule has 0 unspecified atom stereocenters. The van der Waals surface area contributed by atoms with Crippen LogP contribution >= 0.6 is 11.6 Å². The first kappa shape index (κ1) is 21.7. The van der Waals surface area contributed by atoms with Crippen LogP contribution in [0, 0.1) is 0 Å². The highest BCUT2D eigenvalue weighted by atomic mass is 35.5. The van der Waals surface area contributed by atoms with Crippen molar-refractivity contribution in [2.24, 2.45) is 0 Å². The number of hydrogen-bond donors (Lipinski definition) is 1. The molecule has 0 aliphatic carbocycles. The molecule has 1 N–H and O–H groups in total. The van der Waals surface area contributed by atoms with Crippen LogP contribution in [-0.2, 0) is 18.9 Å². The monoisotopic (exact) mass is 447 g/mol. The summed E-state index contributed by atoms with van der Waals surface area (Å²) in [5.74, 6) is -0.679. The number of anilines is 2. The molecular formula is C19H12ClF6N3O. The third-order valence-electron chi connectivity index (χ3n) is 4.03. The van der Waals surface area contributed by atoms with Crippen molar-refractivity contribution < 1.29 is 26.3 Å². The summed E-state index contributed by atoms with van der Waals surface area (Å²) in [4.78, 5) is 15.8. The lowest BCUT2D eigenvalue weighted by molar-refractivity contribution is -0.141. The van der Waals surface area contributed by atoms with Gasteiger partial charge in [-0.1, -0.05) is 35.9 Å². The largest absolute Gasteiger partial charge is 0.433 e. The summed E-state index contributed by atoms with van der Waals surface area (Å²) in [6, 6.07) is 10.5. The average molecular weight is 448 g/mol. The number of rotatable bonds is 4. The third-order valence-corrected chi connectivity index (χ3v) is 4.28. The highest BCUT2D eigenvalue weighted by molar-refractivity contribution is 6.30. The molecule has 158 valence electrons. The Labute approximate surface area is 170 Å². The number of alkyl halides is 6. The van der Waals surface area contributed by atoms with Crippen LogP contribution < -0.4 is 10.9 Å². The van der Waals surface area contributed by atoms with Gasteiger partial charge in [-0.05, 0) is 29.8 Å². The first-order valence-corrected chi connectivity index (χ1v) is 8.70. The zero-order valence-corrected chi connectivity index (χ0v) is 15.6. The summed E-state index contributed by atoms with van der Waals surface area (Å²) in [6.07, 6.45) is -9.73. The second-order valence-electron chi connectivity index (χ2n) is 6.18. The van der Waals surface area contributed by atoms with Crippen LogP contribution in [0.25, 0.3) is 0 Å². The zero-order chi connectivity index (χ0) is 22.1. The number of nitrogens with one attached hydrogen (secondary N) is 1. The Morgan fingerprint density at radius 2 is 1.57 bits per heavy atom. The molecule has 4 nitrogen and oxygen atoms in total. The van der Waals surface area contributed by atoms with E-state index in [2.05, 4.69) is 10.3 Å². The van der Waals surface area contributed by atoms with Gasteiger partial charge in [-0.3, -0.25) is 9.36 Å². The lowest BCUT2D eigenvalue weighted by Gasteiger charge is -2.18. The topological polar surface area (TPSA) is 46.9 Å². The molecule has 3 aromatic rings. The van der Waals surface area contributed by atoms with Crippen molar-refractivity contribution >= 4 is 23.2 Å². The van der Waals surface area contributed by atoms with E-state index in [9.17, 15) is 31.1 Å². The molecule has 0 spiro atoms. The van der Waals surface area contributed by atoms with Gasteiger partial charge in [0.1, 0.15) is 0 Å². The number of aromatic nitrogens is 2. The van der Waals surface area contributed by atoms with Gasteiger partial charge in [0, 0.05) is 11.1 Å². The molecule has 0 bridgehead atoms. The van der Waals surface area contributed by atoms with Crippen molar-refractivity contribution in [3.8, 4) is 0 Å². The van der Waals surface area contributed by atoms with Gasteiger partial charge in [0.2, 0.25) is 5.95 Å². The second-order valence-corrected chi connectivity index (χ2v) is 6.62. The van der Waals surface area contributed by atoms with Crippen LogP contribution in [0.2, 0.25) is 5.02 Å². The van der Waals surface area contributed by atoms with Gasteiger partial charge in [0.15, 0.2) is 5.69 Å². The maximum atomic E-state index is 13.3. The summed E-state index contributed by atoms with van der Waals surface area (Å²) < 4.78 is 80.0. The molecule has 0 fully saturated rings. The van der Waals surface area contributed by atoms with Gasteiger partial charge in [0.25, 0.3) is 5.56 Å². The van der Waals surface area contributed by atoms with E-state index in [1.165, 1.54) is 30.3 Å². The highest BCUT2D eigenvalue weighted by Gasteiger charge is 2.36. The summed E-state index contributed by atoms with van der Waals surface area (Å²) in [6.45, 7) is -0.238. The fourth-order valence-corrected chi connectivity index (χ4v) is 2.76. The second kappa shape index (κ2) is 8.02. The average Bonchev–Trinajstić information content (AvgIpc) is 2.64. The molecule has 30 heavy (non-hydrogen) atoms. The van der Waals surface area contributed by atoms with Crippen LogP contribution in [0.1, 0.15) is 16.8 Å². The molecule has 0 aliphatic rings. The molecule has 0 saturated heterocycles. The molecule has 0 radical (unpaired) electrons. The molecule has 11 heteroatoms. The van der Waals surface area contributed by atoms with E-state index in [-0.39, 0.29) is 12.6 Å². The minimum absolute atomic E-state index is 0.238. The number of benzene rings is 2. The van der Waals surface area contributed by atoms with E-state index in [0.29, 0.717) is 10.6 Å². The normalized spacial score (nSPS) is 12.1. The van der Waals surface area contributed by atoms with Gasteiger partial charge in [-0.2, -0.15) is 26.3 Å². The molecule has 0 aliphatic heterocycles. The first-order chi connectivity index (χ1) is 13.9. The van der Waals surface area contributed by atoms with E-state index in [4.69, 9.17) is 11.6 Å². The van der Waals surface area contributed by atoms with Gasteiger partial charge in [-0.15, -0.1) is 0 Å². The zero-order valence-electron chi connectivity index (χ0n) is 14.9. The Balaban J connectivity index is 2.13. The van der Waals surface area contributed by atoms with Crippen molar-refractivity contribution in [3.05, 3.63) is 86.8 Å². The third kappa shape index (κ3) is 4.93.